The molecule has 0 amide bonds. The quantitative estimate of drug-likeness (QED) is 0.585. The van der Waals surface area contributed by atoms with Crippen LogP contribution in [0.2, 0.25) is 0 Å². The van der Waals surface area contributed by atoms with Crippen LogP contribution >= 0.6 is 23.5 Å². The van der Waals surface area contributed by atoms with Crippen molar-refractivity contribution >= 4 is 23.5 Å². The number of thioether (sulfide) groups is 2. The van der Waals surface area contributed by atoms with E-state index in [1.54, 1.807) is 0 Å². The van der Waals surface area contributed by atoms with E-state index in [1.807, 2.05) is 36.6 Å². The van der Waals surface area contributed by atoms with Crippen molar-refractivity contribution in [2.24, 2.45) is 0 Å². The van der Waals surface area contributed by atoms with E-state index in [4.69, 9.17) is 0 Å². The van der Waals surface area contributed by atoms with Crippen LogP contribution in [0.25, 0.3) is 0 Å². The highest BCUT2D eigenvalue weighted by Gasteiger charge is 2.02. The van der Waals surface area contributed by atoms with Gasteiger partial charge < -0.3 is 0 Å². The molecule has 0 saturated carbocycles. The second-order valence-corrected chi connectivity index (χ2v) is 4.84. The summed E-state index contributed by atoms with van der Waals surface area (Å²) in [7, 11) is 0. The Balaban J connectivity index is 2.52. The van der Waals surface area contributed by atoms with Gasteiger partial charge in [-0.2, -0.15) is 0 Å². The molecular weight excluding hydrogens is 230 g/mol. The Morgan fingerprint density at radius 1 is 1.47 bits per heavy atom. The number of benzene rings is 1. The Morgan fingerprint density at radius 3 is 2.67 bits per heavy atom. The first-order valence-electron chi connectivity index (χ1n) is 4.28. The van der Waals surface area contributed by atoms with E-state index in [0.29, 0.717) is 0 Å². The van der Waals surface area contributed by atoms with E-state index in [9.17, 15) is 10.1 Å². The van der Waals surface area contributed by atoms with Crippen LogP contribution in [-0.2, 0) is 5.75 Å². The highest BCUT2D eigenvalue weighted by molar-refractivity contribution is 8.21. The van der Waals surface area contributed by atoms with Crippen LogP contribution in [0.5, 0.6) is 0 Å². The monoisotopic (exact) mass is 241 g/mol. The highest BCUT2D eigenvalue weighted by Crippen LogP contribution is 2.29. The number of hydrogen-bond donors (Lipinski definition) is 0. The Labute approximate surface area is 97.1 Å². The molecule has 0 aliphatic heterocycles. The van der Waals surface area contributed by atoms with Gasteiger partial charge in [0.15, 0.2) is 0 Å². The Bertz CT molecular complexity index is 352. The molecule has 80 valence electrons. The maximum absolute atomic E-state index is 10.3. The lowest BCUT2D eigenvalue weighted by Crippen LogP contribution is -1.86. The molecule has 15 heavy (non-hydrogen) atoms. The highest BCUT2D eigenvalue weighted by atomic mass is 32.2. The van der Waals surface area contributed by atoms with Crippen molar-refractivity contribution in [3.05, 3.63) is 56.4 Å². The van der Waals surface area contributed by atoms with Gasteiger partial charge in [0.25, 0.3) is 6.20 Å². The molecule has 0 atom stereocenters. The van der Waals surface area contributed by atoms with Gasteiger partial charge >= 0.3 is 0 Å². The average Bonchev–Trinajstić information content (AvgIpc) is 2.25. The van der Waals surface area contributed by atoms with Gasteiger partial charge in [0.05, 0.1) is 4.92 Å². The fourth-order valence-corrected chi connectivity index (χ4v) is 2.47. The zero-order chi connectivity index (χ0) is 11.1. The van der Waals surface area contributed by atoms with Gasteiger partial charge in [-0.15, -0.1) is 23.5 Å². The predicted molar refractivity (Wildman–Crippen MR) is 66.3 cm³/mol. The van der Waals surface area contributed by atoms with Crippen molar-refractivity contribution in [1.82, 2.24) is 0 Å². The molecule has 0 heterocycles. The van der Waals surface area contributed by atoms with Crippen LogP contribution in [0.1, 0.15) is 5.56 Å². The molecule has 0 N–H and O–H groups in total. The lowest BCUT2D eigenvalue weighted by Gasteiger charge is -2.01. The maximum atomic E-state index is 10.3. The smallest absolute Gasteiger partial charge is 0.254 e. The molecule has 0 aliphatic carbocycles. The minimum atomic E-state index is -0.413. The molecule has 1 aromatic rings. The van der Waals surface area contributed by atoms with Crippen LogP contribution < -0.4 is 0 Å². The molecule has 0 unspecified atom stereocenters. The van der Waals surface area contributed by atoms with Crippen molar-refractivity contribution in [1.29, 1.82) is 0 Å². The van der Waals surface area contributed by atoms with E-state index < -0.39 is 4.92 Å². The largest absolute Gasteiger partial charge is 0.259 e. The molecular formula is C10H11NO2S2. The standard InChI is InChI=1S/C10H11NO2S2/c1-14-10(7-11(12)13)15-8-9-5-3-2-4-6-9/h2-7H,8H2,1H3/b10-7-. The van der Waals surface area contributed by atoms with Crippen LogP contribution in [-0.4, -0.2) is 11.2 Å². The third kappa shape index (κ3) is 4.90. The number of hydrogen-bond acceptors (Lipinski definition) is 4. The topological polar surface area (TPSA) is 43.1 Å². The van der Waals surface area contributed by atoms with Crippen LogP contribution in [0.15, 0.2) is 40.8 Å². The number of rotatable bonds is 5. The average molecular weight is 241 g/mol. The molecule has 0 radical (unpaired) electrons. The Kier molecular flexibility index (Phi) is 5.28. The summed E-state index contributed by atoms with van der Waals surface area (Å²) in [6.07, 6.45) is 2.89. The lowest BCUT2D eigenvalue weighted by atomic mass is 10.2. The van der Waals surface area contributed by atoms with Gasteiger partial charge in [-0.3, -0.25) is 10.1 Å². The maximum Gasteiger partial charge on any atom is 0.254 e. The zero-order valence-electron chi connectivity index (χ0n) is 8.25. The first kappa shape index (κ1) is 12.1. The van der Waals surface area contributed by atoms with Gasteiger partial charge in [0.2, 0.25) is 0 Å². The third-order valence-electron chi connectivity index (χ3n) is 1.64. The Morgan fingerprint density at radius 2 is 2.13 bits per heavy atom. The molecule has 0 aliphatic rings. The molecule has 1 rings (SSSR count). The summed E-state index contributed by atoms with van der Waals surface area (Å²) in [5.74, 6) is 0.765. The molecule has 0 spiro atoms. The number of nitro groups is 1. The van der Waals surface area contributed by atoms with Crippen molar-refractivity contribution < 1.29 is 4.92 Å². The molecule has 0 saturated heterocycles. The minimum absolute atomic E-state index is 0.413. The van der Waals surface area contributed by atoms with E-state index in [-0.39, 0.29) is 0 Å². The SMILES string of the molecule is CS/C(=C/[N+](=O)[O-])SCc1ccccc1. The van der Waals surface area contributed by atoms with Crippen molar-refractivity contribution in [2.45, 2.75) is 5.75 Å². The normalized spacial score (nSPS) is 11.4. The molecule has 0 aromatic heterocycles. The van der Waals surface area contributed by atoms with Gasteiger partial charge in [-0.25, -0.2) is 0 Å². The number of nitrogens with zero attached hydrogens (tertiary/aromatic N) is 1. The summed E-state index contributed by atoms with van der Waals surface area (Å²) in [6.45, 7) is 0. The van der Waals surface area contributed by atoms with Gasteiger partial charge in [-0.1, -0.05) is 30.3 Å². The van der Waals surface area contributed by atoms with Crippen LogP contribution in [0.4, 0.5) is 0 Å². The second kappa shape index (κ2) is 6.53. The second-order valence-electron chi connectivity index (χ2n) is 2.71. The van der Waals surface area contributed by atoms with Crippen molar-refractivity contribution in [3.63, 3.8) is 0 Å². The summed E-state index contributed by atoms with van der Waals surface area (Å²) >= 11 is 2.89. The van der Waals surface area contributed by atoms with Gasteiger partial charge in [0.1, 0.15) is 4.24 Å². The molecule has 0 bridgehead atoms. The third-order valence-corrected chi connectivity index (χ3v) is 3.86. The van der Waals surface area contributed by atoms with E-state index >= 15 is 0 Å². The summed E-state index contributed by atoms with van der Waals surface area (Å²) < 4.78 is 0.726. The fourth-order valence-electron chi connectivity index (χ4n) is 0.964. The summed E-state index contributed by atoms with van der Waals surface area (Å²) in [4.78, 5) is 9.87. The van der Waals surface area contributed by atoms with E-state index in [1.165, 1.54) is 29.1 Å². The molecule has 1 aromatic carbocycles. The fraction of sp³-hybridized carbons (Fsp3) is 0.200. The zero-order valence-corrected chi connectivity index (χ0v) is 9.88. The molecule has 5 heteroatoms. The first-order chi connectivity index (χ1) is 7.22. The Hall–Kier alpha value is -0.940. The van der Waals surface area contributed by atoms with Crippen LogP contribution in [0, 0.1) is 10.1 Å². The van der Waals surface area contributed by atoms with Gasteiger partial charge in [-0.05, 0) is 11.8 Å². The van der Waals surface area contributed by atoms with Crippen molar-refractivity contribution in [3.8, 4) is 0 Å². The summed E-state index contributed by atoms with van der Waals surface area (Å²) in [6, 6.07) is 9.91. The van der Waals surface area contributed by atoms with E-state index in [2.05, 4.69) is 0 Å². The first-order valence-corrected chi connectivity index (χ1v) is 6.49. The summed E-state index contributed by atoms with van der Waals surface area (Å²) in [5, 5.41) is 10.3. The van der Waals surface area contributed by atoms with Crippen molar-refractivity contribution in [2.75, 3.05) is 6.26 Å². The van der Waals surface area contributed by atoms with Gasteiger partial charge in [0, 0.05) is 5.75 Å². The lowest BCUT2D eigenvalue weighted by molar-refractivity contribution is -0.402. The van der Waals surface area contributed by atoms with Crippen LogP contribution in [0.3, 0.4) is 0 Å². The molecule has 0 fully saturated rings. The summed E-state index contributed by atoms with van der Waals surface area (Å²) in [5.41, 5.74) is 1.17. The van der Waals surface area contributed by atoms with E-state index in [0.717, 1.165) is 16.2 Å². The minimum Gasteiger partial charge on any atom is -0.259 e. The molecule has 3 nitrogen and oxygen atoms in total. The predicted octanol–water partition coefficient (Wildman–Crippen LogP) is 3.36.